The molecule has 5 heteroatoms. The molecule has 6 atom stereocenters. The first-order valence-electron chi connectivity index (χ1n) is 10.1. The highest BCUT2D eigenvalue weighted by atomic mass is 16.4. The largest absolute Gasteiger partial charge is 0.481 e. The van der Waals surface area contributed by atoms with Crippen LogP contribution in [0, 0.1) is 17.8 Å². The zero-order valence-electron chi connectivity index (χ0n) is 15.8. The third-order valence-electron chi connectivity index (χ3n) is 5.88. The van der Waals surface area contributed by atoms with E-state index in [0.717, 1.165) is 37.7 Å². The van der Waals surface area contributed by atoms with Crippen LogP contribution in [0.2, 0.25) is 0 Å². The predicted octanol–water partition coefficient (Wildman–Crippen LogP) is 3.04. The maximum atomic E-state index is 10.7. The van der Waals surface area contributed by atoms with Gasteiger partial charge in [0.05, 0.1) is 18.3 Å². The molecule has 0 radical (unpaired) electrons. The van der Waals surface area contributed by atoms with Crippen molar-refractivity contribution < 1.29 is 25.2 Å². The Hall–Kier alpha value is -1.17. The molecule has 2 fully saturated rings. The van der Waals surface area contributed by atoms with Gasteiger partial charge in [0.1, 0.15) is 0 Å². The van der Waals surface area contributed by atoms with Gasteiger partial charge < -0.3 is 20.4 Å². The number of carboxylic acid groups (broad SMARTS) is 1. The molecule has 0 amide bonds. The Morgan fingerprint density at radius 1 is 1.27 bits per heavy atom. The van der Waals surface area contributed by atoms with Crippen LogP contribution in [0.4, 0.5) is 0 Å². The highest BCUT2D eigenvalue weighted by molar-refractivity contribution is 5.66. The number of rotatable bonds is 10. The van der Waals surface area contributed by atoms with Gasteiger partial charge in [-0.05, 0) is 43.6 Å². The van der Waals surface area contributed by atoms with E-state index in [1.165, 1.54) is 0 Å². The molecule has 0 spiro atoms. The predicted molar refractivity (Wildman–Crippen MR) is 101 cm³/mol. The van der Waals surface area contributed by atoms with Gasteiger partial charge >= 0.3 is 5.97 Å². The van der Waals surface area contributed by atoms with Gasteiger partial charge in [0.25, 0.3) is 0 Å². The smallest absolute Gasteiger partial charge is 0.303 e. The quantitative estimate of drug-likeness (QED) is 0.352. The third-order valence-corrected chi connectivity index (χ3v) is 5.88. The van der Waals surface area contributed by atoms with Gasteiger partial charge in [-0.15, -0.1) is 0 Å². The van der Waals surface area contributed by atoms with E-state index in [-0.39, 0.29) is 24.2 Å². The number of hydrogen-bond donors (Lipinski definition) is 4. The Bertz CT molecular complexity index is 513. The molecule has 0 aromatic carbocycles. The molecule has 4 N–H and O–H groups in total. The van der Waals surface area contributed by atoms with Crippen LogP contribution in [0.5, 0.6) is 0 Å². The first-order valence-corrected chi connectivity index (χ1v) is 10.1. The molecule has 0 aliphatic heterocycles. The second-order valence-corrected chi connectivity index (χ2v) is 7.88. The van der Waals surface area contributed by atoms with Gasteiger partial charge in [0.2, 0.25) is 0 Å². The molecule has 1 unspecified atom stereocenters. The lowest BCUT2D eigenvalue weighted by Crippen LogP contribution is -2.26. The molecule has 0 saturated heterocycles. The van der Waals surface area contributed by atoms with Crippen molar-refractivity contribution in [2.24, 2.45) is 17.8 Å². The van der Waals surface area contributed by atoms with Crippen molar-refractivity contribution >= 4 is 5.97 Å². The van der Waals surface area contributed by atoms with Crippen LogP contribution < -0.4 is 0 Å². The summed E-state index contributed by atoms with van der Waals surface area (Å²) < 4.78 is 0. The molecule has 2 aliphatic carbocycles. The molecule has 0 aromatic heterocycles. The van der Waals surface area contributed by atoms with Crippen molar-refractivity contribution in [3.8, 4) is 0 Å². The minimum absolute atomic E-state index is 0.00480. The van der Waals surface area contributed by atoms with E-state index in [1.54, 1.807) is 6.08 Å². The monoisotopic (exact) mass is 366 g/mol. The standard InChI is InChI=1S/C21H34O5/c1-2-3-4-8-16(22)10-11-17-18(23)13-15-12-14(21(26)20(15)17)7-5-6-9-19(24)25/h7,10-11,15-18,20-23,26H,2-6,8-9,12-13H2,1H3,(H,24,25)/t15-,16?,17-,18+,20-,21-/m0/s1. The van der Waals surface area contributed by atoms with Crippen LogP contribution in [-0.2, 0) is 4.79 Å². The van der Waals surface area contributed by atoms with Crippen LogP contribution in [0.25, 0.3) is 0 Å². The normalized spacial score (nSPS) is 33.8. The van der Waals surface area contributed by atoms with Crippen LogP contribution in [-0.4, -0.2) is 44.7 Å². The van der Waals surface area contributed by atoms with Gasteiger partial charge in [0, 0.05) is 18.3 Å². The van der Waals surface area contributed by atoms with Crippen molar-refractivity contribution in [1.29, 1.82) is 0 Å². The van der Waals surface area contributed by atoms with E-state index >= 15 is 0 Å². The van der Waals surface area contributed by atoms with E-state index in [2.05, 4.69) is 6.92 Å². The number of allylic oxidation sites excluding steroid dienone is 1. The summed E-state index contributed by atoms with van der Waals surface area (Å²) in [6.45, 7) is 2.13. The van der Waals surface area contributed by atoms with E-state index in [0.29, 0.717) is 19.3 Å². The topological polar surface area (TPSA) is 98.0 Å². The van der Waals surface area contributed by atoms with Gasteiger partial charge in [-0.2, -0.15) is 0 Å². The number of aliphatic carboxylic acids is 1. The summed E-state index contributed by atoms with van der Waals surface area (Å²) in [6.07, 6.45) is 10.9. The number of fused-ring (bicyclic) bond motifs is 1. The van der Waals surface area contributed by atoms with Crippen molar-refractivity contribution in [2.45, 2.75) is 83.0 Å². The summed E-state index contributed by atoms with van der Waals surface area (Å²) in [7, 11) is 0. The summed E-state index contributed by atoms with van der Waals surface area (Å²) in [4.78, 5) is 10.6. The average Bonchev–Trinajstić information content (AvgIpc) is 3.05. The minimum Gasteiger partial charge on any atom is -0.481 e. The van der Waals surface area contributed by atoms with Gasteiger partial charge in [-0.1, -0.05) is 44.4 Å². The molecule has 26 heavy (non-hydrogen) atoms. The molecule has 0 aromatic rings. The van der Waals surface area contributed by atoms with Crippen molar-refractivity contribution in [2.75, 3.05) is 0 Å². The number of carbonyl (C=O) groups is 1. The zero-order chi connectivity index (χ0) is 19.1. The highest BCUT2D eigenvalue weighted by Crippen LogP contribution is 2.50. The fourth-order valence-electron chi connectivity index (χ4n) is 4.51. The van der Waals surface area contributed by atoms with Crippen LogP contribution in [0.3, 0.4) is 0 Å². The SMILES string of the molecule is CCCCCC(O)C=C[C@@H]1[C@@H]2[C@@H](CC(=CCCCC(=O)O)[C@@H]2O)C[C@H]1O. The molecule has 0 heterocycles. The van der Waals surface area contributed by atoms with E-state index in [1.807, 2.05) is 12.2 Å². The number of aliphatic hydroxyl groups excluding tert-OH is 3. The maximum absolute atomic E-state index is 10.7. The van der Waals surface area contributed by atoms with Gasteiger partial charge in [-0.25, -0.2) is 0 Å². The Labute approximate surface area is 156 Å². The first-order chi connectivity index (χ1) is 12.4. The lowest BCUT2D eigenvalue weighted by molar-refractivity contribution is -0.137. The number of hydrogen-bond acceptors (Lipinski definition) is 4. The Balaban J connectivity index is 1.91. The Kier molecular flexibility index (Phi) is 8.32. The number of unbranched alkanes of at least 4 members (excludes halogenated alkanes) is 3. The van der Waals surface area contributed by atoms with Crippen LogP contribution in [0.1, 0.15) is 64.7 Å². The summed E-state index contributed by atoms with van der Waals surface area (Å²) in [5.41, 5.74) is 0.985. The summed E-state index contributed by atoms with van der Waals surface area (Å²) in [5.74, 6) is -0.661. The molecular weight excluding hydrogens is 332 g/mol. The lowest BCUT2D eigenvalue weighted by Gasteiger charge is -2.22. The van der Waals surface area contributed by atoms with Gasteiger partial charge in [0.15, 0.2) is 0 Å². The fraction of sp³-hybridized carbons (Fsp3) is 0.762. The number of aliphatic hydroxyl groups is 3. The van der Waals surface area contributed by atoms with Crippen molar-refractivity contribution in [1.82, 2.24) is 0 Å². The third kappa shape index (κ3) is 5.66. The van der Waals surface area contributed by atoms with Crippen molar-refractivity contribution in [3.63, 3.8) is 0 Å². The summed E-state index contributed by atoms with van der Waals surface area (Å²) in [5, 5.41) is 39.9. The van der Waals surface area contributed by atoms with Gasteiger partial charge in [-0.3, -0.25) is 4.79 Å². The molecule has 148 valence electrons. The minimum atomic E-state index is -0.793. The fourth-order valence-corrected chi connectivity index (χ4v) is 4.51. The molecule has 2 rings (SSSR count). The second kappa shape index (κ2) is 10.2. The van der Waals surface area contributed by atoms with E-state index in [9.17, 15) is 20.1 Å². The Morgan fingerprint density at radius 2 is 2.04 bits per heavy atom. The summed E-state index contributed by atoms with van der Waals surface area (Å²) in [6, 6.07) is 0. The van der Waals surface area contributed by atoms with Crippen LogP contribution >= 0.6 is 0 Å². The second-order valence-electron chi connectivity index (χ2n) is 7.88. The molecule has 2 saturated carbocycles. The van der Waals surface area contributed by atoms with E-state index in [4.69, 9.17) is 5.11 Å². The maximum Gasteiger partial charge on any atom is 0.303 e. The first kappa shape index (κ1) is 21.1. The van der Waals surface area contributed by atoms with E-state index < -0.39 is 24.3 Å². The van der Waals surface area contributed by atoms with Crippen LogP contribution in [0.15, 0.2) is 23.8 Å². The molecular formula is C21H34O5. The highest BCUT2D eigenvalue weighted by Gasteiger charge is 2.50. The summed E-state index contributed by atoms with van der Waals surface area (Å²) >= 11 is 0. The number of carboxylic acids is 1. The van der Waals surface area contributed by atoms with Crippen molar-refractivity contribution in [3.05, 3.63) is 23.8 Å². The lowest BCUT2D eigenvalue weighted by atomic mass is 9.88. The zero-order valence-corrected chi connectivity index (χ0v) is 15.8. The molecule has 2 aliphatic rings. The average molecular weight is 366 g/mol. The molecule has 5 nitrogen and oxygen atoms in total. The Morgan fingerprint density at radius 3 is 2.73 bits per heavy atom. The molecule has 0 bridgehead atoms.